The average Bonchev–Trinajstić information content (AvgIpc) is 2.43. The molecule has 108 valence electrons. The van der Waals surface area contributed by atoms with Crippen LogP contribution < -0.4 is 9.46 Å². The molecule has 0 heterocycles. The number of hydrogen-bond donors (Lipinski definition) is 1. The number of halogens is 1. The van der Waals surface area contributed by atoms with Gasteiger partial charge in [0.05, 0.1) is 16.9 Å². The van der Waals surface area contributed by atoms with Crippen molar-refractivity contribution in [2.24, 2.45) is 0 Å². The van der Waals surface area contributed by atoms with Crippen molar-refractivity contribution in [3.05, 3.63) is 24.3 Å². The number of sulfonamides is 1. The summed E-state index contributed by atoms with van der Waals surface area (Å²) < 4.78 is 36.6. The number of methoxy groups -OCH3 is 1. The highest BCUT2D eigenvalue weighted by molar-refractivity contribution is 7.89. The Balaban J connectivity index is 2.68. The van der Waals surface area contributed by atoms with Crippen LogP contribution in [0.5, 0.6) is 5.75 Å². The molecule has 0 spiro atoms. The summed E-state index contributed by atoms with van der Waals surface area (Å²) in [6.45, 7) is 2.40. The van der Waals surface area contributed by atoms with Gasteiger partial charge in [0.15, 0.2) is 0 Å². The molecule has 1 aromatic rings. The highest BCUT2D eigenvalue weighted by Gasteiger charge is 2.14. The zero-order valence-corrected chi connectivity index (χ0v) is 12.5. The summed E-state index contributed by atoms with van der Waals surface area (Å²) in [7, 11) is -1.98. The molecule has 0 saturated heterocycles. The third-order valence-corrected chi connectivity index (χ3v) is 4.04. The van der Waals surface area contributed by atoms with Gasteiger partial charge in [0.25, 0.3) is 0 Å². The molecule has 1 N–H and O–H groups in total. The molecule has 0 aliphatic rings. The highest BCUT2D eigenvalue weighted by Crippen LogP contribution is 2.15. The number of benzene rings is 1. The molecule has 1 unspecified atom stereocenters. The van der Waals surface area contributed by atoms with E-state index < -0.39 is 10.0 Å². The van der Waals surface area contributed by atoms with Gasteiger partial charge in [0.1, 0.15) is 12.4 Å². The topological polar surface area (TPSA) is 64.6 Å². The summed E-state index contributed by atoms with van der Waals surface area (Å²) in [5.41, 5.74) is 0. The lowest BCUT2D eigenvalue weighted by Crippen LogP contribution is -2.31. The fourth-order valence-electron chi connectivity index (χ4n) is 1.27. The molecular formula is C12H18ClNO4S. The van der Waals surface area contributed by atoms with E-state index in [-0.39, 0.29) is 17.5 Å². The summed E-state index contributed by atoms with van der Waals surface area (Å²) in [6, 6.07) is 6.18. The van der Waals surface area contributed by atoms with Crippen molar-refractivity contribution < 1.29 is 17.9 Å². The summed E-state index contributed by atoms with van der Waals surface area (Å²) in [4.78, 5) is 0.189. The molecule has 5 nitrogen and oxygen atoms in total. The van der Waals surface area contributed by atoms with Gasteiger partial charge in [0, 0.05) is 13.7 Å². The minimum atomic E-state index is -3.51. The van der Waals surface area contributed by atoms with Crippen LogP contribution in [0, 0.1) is 0 Å². The van der Waals surface area contributed by atoms with Crippen LogP contribution in [-0.2, 0) is 14.8 Å². The highest BCUT2D eigenvalue weighted by atomic mass is 35.5. The first-order chi connectivity index (χ1) is 8.99. The lowest BCUT2D eigenvalue weighted by Gasteiger charge is -2.11. The summed E-state index contributed by atoms with van der Waals surface area (Å²) in [5.74, 6) is 0.973. The third-order valence-electron chi connectivity index (χ3n) is 2.44. The Kier molecular flexibility index (Phi) is 6.57. The van der Waals surface area contributed by atoms with Gasteiger partial charge in [-0.1, -0.05) is 0 Å². The van der Waals surface area contributed by atoms with Gasteiger partial charge in [-0.25, -0.2) is 13.1 Å². The first kappa shape index (κ1) is 16.2. The molecule has 0 amide bonds. The molecule has 0 aliphatic carbocycles. The molecular weight excluding hydrogens is 290 g/mol. The fourth-order valence-corrected chi connectivity index (χ4v) is 2.46. The molecule has 0 bridgehead atoms. The number of hydrogen-bond acceptors (Lipinski definition) is 4. The van der Waals surface area contributed by atoms with Crippen molar-refractivity contribution in [3.8, 4) is 5.75 Å². The Morgan fingerprint density at radius 2 is 1.95 bits per heavy atom. The smallest absolute Gasteiger partial charge is 0.240 e. The van der Waals surface area contributed by atoms with E-state index in [1.54, 1.807) is 19.1 Å². The van der Waals surface area contributed by atoms with Gasteiger partial charge in [-0.15, -0.1) is 11.6 Å². The van der Waals surface area contributed by atoms with Gasteiger partial charge < -0.3 is 9.47 Å². The lowest BCUT2D eigenvalue weighted by molar-refractivity contribution is 0.122. The number of ether oxygens (including phenoxy) is 2. The first-order valence-corrected chi connectivity index (χ1v) is 7.82. The predicted octanol–water partition coefficient (Wildman–Crippen LogP) is 1.62. The average molecular weight is 308 g/mol. The minimum Gasteiger partial charge on any atom is -0.492 e. The van der Waals surface area contributed by atoms with Gasteiger partial charge in [-0.05, 0) is 31.2 Å². The Labute approximate surface area is 118 Å². The molecule has 1 aromatic carbocycles. The third kappa shape index (κ3) is 5.36. The zero-order valence-electron chi connectivity index (χ0n) is 10.9. The van der Waals surface area contributed by atoms with Gasteiger partial charge in [-0.2, -0.15) is 0 Å². The maximum Gasteiger partial charge on any atom is 0.240 e. The Morgan fingerprint density at radius 1 is 1.32 bits per heavy atom. The second-order valence-electron chi connectivity index (χ2n) is 3.91. The van der Waals surface area contributed by atoms with Crippen LogP contribution in [0.2, 0.25) is 0 Å². The van der Waals surface area contributed by atoms with Crippen LogP contribution in [0.25, 0.3) is 0 Å². The second kappa shape index (κ2) is 7.69. The maximum absolute atomic E-state index is 11.9. The van der Waals surface area contributed by atoms with Crippen molar-refractivity contribution in [1.29, 1.82) is 0 Å². The number of nitrogens with one attached hydrogen (secondary N) is 1. The van der Waals surface area contributed by atoms with Gasteiger partial charge >= 0.3 is 0 Å². The van der Waals surface area contributed by atoms with Gasteiger partial charge in [-0.3, -0.25) is 0 Å². The van der Waals surface area contributed by atoms with E-state index in [9.17, 15) is 8.42 Å². The van der Waals surface area contributed by atoms with Crippen LogP contribution in [0.1, 0.15) is 6.92 Å². The zero-order chi connectivity index (χ0) is 14.3. The predicted molar refractivity (Wildman–Crippen MR) is 74.3 cm³/mol. The molecule has 1 rings (SSSR count). The van der Waals surface area contributed by atoms with Gasteiger partial charge in [0.2, 0.25) is 10.0 Å². The molecule has 0 radical (unpaired) electrons. The molecule has 19 heavy (non-hydrogen) atoms. The van der Waals surface area contributed by atoms with E-state index in [0.29, 0.717) is 18.2 Å². The molecule has 0 fully saturated rings. The quantitative estimate of drug-likeness (QED) is 0.741. The molecule has 0 aliphatic heterocycles. The Morgan fingerprint density at radius 3 is 2.47 bits per heavy atom. The molecule has 7 heteroatoms. The largest absolute Gasteiger partial charge is 0.492 e. The standard InChI is InChI=1S/C12H18ClNO4S/c1-10(17-2)9-14-19(15,16)12-5-3-11(4-6-12)18-8-7-13/h3-6,10,14H,7-9H2,1-2H3. The van der Waals surface area contributed by atoms with Crippen molar-refractivity contribution >= 4 is 21.6 Å². The Bertz CT molecular complexity index is 475. The van der Waals surface area contributed by atoms with Crippen LogP contribution in [-0.4, -0.2) is 40.7 Å². The second-order valence-corrected chi connectivity index (χ2v) is 6.05. The normalized spacial score (nSPS) is 13.2. The van der Waals surface area contributed by atoms with E-state index in [2.05, 4.69) is 4.72 Å². The van der Waals surface area contributed by atoms with E-state index >= 15 is 0 Å². The molecule has 0 aromatic heterocycles. The van der Waals surface area contributed by atoms with E-state index in [0.717, 1.165) is 0 Å². The van der Waals surface area contributed by atoms with Crippen LogP contribution in [0.3, 0.4) is 0 Å². The number of alkyl halides is 1. The maximum atomic E-state index is 11.9. The van der Waals surface area contributed by atoms with Crippen LogP contribution >= 0.6 is 11.6 Å². The monoisotopic (exact) mass is 307 g/mol. The summed E-state index contributed by atoms with van der Waals surface area (Å²) in [6.07, 6.45) is -0.180. The SMILES string of the molecule is COC(C)CNS(=O)(=O)c1ccc(OCCCl)cc1. The van der Waals surface area contributed by atoms with E-state index in [4.69, 9.17) is 21.1 Å². The van der Waals surface area contributed by atoms with E-state index in [1.807, 2.05) is 0 Å². The summed E-state index contributed by atoms with van der Waals surface area (Å²) >= 11 is 5.50. The van der Waals surface area contributed by atoms with E-state index in [1.165, 1.54) is 19.2 Å². The molecule has 1 atom stereocenters. The van der Waals surface area contributed by atoms with Crippen LogP contribution in [0.4, 0.5) is 0 Å². The van der Waals surface area contributed by atoms with Crippen molar-refractivity contribution in [2.45, 2.75) is 17.9 Å². The Hall–Kier alpha value is -0.820. The molecule has 0 saturated carbocycles. The van der Waals surface area contributed by atoms with Crippen LogP contribution in [0.15, 0.2) is 29.2 Å². The lowest BCUT2D eigenvalue weighted by atomic mass is 10.3. The van der Waals surface area contributed by atoms with Crippen molar-refractivity contribution in [1.82, 2.24) is 4.72 Å². The number of rotatable bonds is 8. The van der Waals surface area contributed by atoms with Crippen molar-refractivity contribution in [2.75, 3.05) is 26.1 Å². The minimum absolute atomic E-state index is 0.180. The van der Waals surface area contributed by atoms with Crippen molar-refractivity contribution in [3.63, 3.8) is 0 Å². The fraction of sp³-hybridized carbons (Fsp3) is 0.500. The first-order valence-electron chi connectivity index (χ1n) is 5.81. The summed E-state index contributed by atoms with van der Waals surface area (Å²) in [5, 5.41) is 0.